The molecule has 2 aliphatic rings. The van der Waals surface area contributed by atoms with Gasteiger partial charge in [0.2, 0.25) is 11.8 Å². The van der Waals surface area contributed by atoms with E-state index in [1.807, 2.05) is 29.2 Å². The molecule has 0 bridgehead atoms. The van der Waals surface area contributed by atoms with Crippen LogP contribution in [0.2, 0.25) is 5.02 Å². The number of nitrogens with zero attached hydrogens (tertiary/aromatic N) is 1. The molecule has 0 aromatic heterocycles. The number of amides is 2. The maximum absolute atomic E-state index is 12.2. The summed E-state index contributed by atoms with van der Waals surface area (Å²) < 4.78 is 0. The van der Waals surface area contributed by atoms with Crippen molar-refractivity contribution in [2.45, 2.75) is 50.7 Å². The minimum atomic E-state index is -0.00682. The highest BCUT2D eigenvalue weighted by molar-refractivity contribution is 6.30. The summed E-state index contributed by atoms with van der Waals surface area (Å²) >= 11 is 5.95. The molecule has 21 heavy (non-hydrogen) atoms. The molecular weight excluding hydrogens is 288 g/mol. The summed E-state index contributed by atoms with van der Waals surface area (Å²) in [5.74, 6) is 0.217. The average molecular weight is 307 g/mol. The fraction of sp³-hybridized carbons (Fsp3) is 0.500. The number of halogens is 1. The van der Waals surface area contributed by atoms with E-state index in [4.69, 9.17) is 11.6 Å². The number of hydrogen-bond donors (Lipinski definition) is 1. The van der Waals surface area contributed by atoms with Crippen molar-refractivity contribution in [3.05, 3.63) is 34.9 Å². The first kappa shape index (κ1) is 14.4. The van der Waals surface area contributed by atoms with Crippen molar-refractivity contribution in [3.8, 4) is 0 Å². The molecule has 112 valence electrons. The molecule has 0 unspecified atom stereocenters. The zero-order chi connectivity index (χ0) is 15.0. The molecule has 2 saturated heterocycles. The monoisotopic (exact) mass is 306 g/mol. The van der Waals surface area contributed by atoms with Crippen molar-refractivity contribution < 1.29 is 9.59 Å². The Morgan fingerprint density at radius 2 is 2.00 bits per heavy atom. The summed E-state index contributed by atoms with van der Waals surface area (Å²) in [6, 6.07) is 8.08. The highest BCUT2D eigenvalue weighted by atomic mass is 35.5. The molecule has 2 aliphatic heterocycles. The highest BCUT2D eigenvalue weighted by Crippen LogP contribution is 2.40. The first-order valence-electron chi connectivity index (χ1n) is 7.38. The molecule has 2 amide bonds. The van der Waals surface area contributed by atoms with Crippen molar-refractivity contribution in [2.24, 2.45) is 0 Å². The van der Waals surface area contributed by atoms with Gasteiger partial charge in [-0.05, 0) is 37.0 Å². The molecular formula is C16H19ClN2O2. The lowest BCUT2D eigenvalue weighted by Gasteiger charge is -2.42. The Morgan fingerprint density at radius 1 is 1.29 bits per heavy atom. The number of piperidine rings is 1. The Bertz CT molecular complexity index is 558. The molecule has 4 nitrogen and oxygen atoms in total. The Hall–Kier alpha value is -1.55. The van der Waals surface area contributed by atoms with E-state index in [1.54, 1.807) is 6.92 Å². The predicted molar refractivity (Wildman–Crippen MR) is 80.9 cm³/mol. The zero-order valence-corrected chi connectivity index (χ0v) is 12.8. The molecule has 1 N–H and O–H groups in total. The number of nitrogens with one attached hydrogen (secondary N) is 1. The maximum atomic E-state index is 12.2. The van der Waals surface area contributed by atoms with Gasteiger partial charge in [-0.25, -0.2) is 0 Å². The van der Waals surface area contributed by atoms with Crippen LogP contribution < -0.4 is 5.32 Å². The topological polar surface area (TPSA) is 49.4 Å². The van der Waals surface area contributed by atoms with E-state index in [0.717, 1.165) is 24.8 Å². The lowest BCUT2D eigenvalue weighted by Crippen LogP contribution is -2.49. The third kappa shape index (κ3) is 2.91. The van der Waals surface area contributed by atoms with Crippen LogP contribution in [0, 0.1) is 0 Å². The van der Waals surface area contributed by atoms with Crippen LogP contribution in [0.25, 0.3) is 0 Å². The lowest BCUT2D eigenvalue weighted by atomic mass is 9.88. The zero-order valence-electron chi connectivity index (χ0n) is 12.0. The molecule has 1 aromatic carbocycles. The van der Waals surface area contributed by atoms with Crippen molar-refractivity contribution >= 4 is 23.4 Å². The van der Waals surface area contributed by atoms with Gasteiger partial charge in [0.25, 0.3) is 0 Å². The Labute approximate surface area is 129 Å². The number of rotatable bonds is 2. The van der Waals surface area contributed by atoms with Gasteiger partial charge in [-0.3, -0.25) is 9.59 Å². The predicted octanol–water partition coefficient (Wildman–Crippen LogP) is 2.67. The summed E-state index contributed by atoms with van der Waals surface area (Å²) in [6.45, 7) is 1.55. The van der Waals surface area contributed by atoms with Crippen molar-refractivity contribution in [1.29, 1.82) is 0 Å². The van der Waals surface area contributed by atoms with Gasteiger partial charge >= 0.3 is 0 Å². The van der Waals surface area contributed by atoms with Gasteiger partial charge in [0.15, 0.2) is 0 Å². The van der Waals surface area contributed by atoms with Gasteiger partial charge in [-0.2, -0.15) is 0 Å². The molecule has 5 heteroatoms. The molecule has 3 rings (SSSR count). The minimum absolute atomic E-state index is 0.00682. The molecule has 0 radical (unpaired) electrons. The Balaban J connectivity index is 1.88. The fourth-order valence-corrected chi connectivity index (χ4v) is 3.74. The number of benzene rings is 1. The standard InChI is InChI=1S/C16H19ClN2O2/c1-10(20)18-13-8-14-6-7-16(21)19(14)15(9-13)11-2-4-12(17)5-3-11/h2-5,13-15H,6-9H2,1H3,(H,18,20)/t13-,14+,15-/m0/s1. The van der Waals surface area contributed by atoms with Gasteiger partial charge in [-0.15, -0.1) is 0 Å². The second kappa shape index (κ2) is 5.68. The van der Waals surface area contributed by atoms with E-state index < -0.39 is 0 Å². The van der Waals surface area contributed by atoms with E-state index in [2.05, 4.69) is 5.32 Å². The summed E-state index contributed by atoms with van der Waals surface area (Å²) in [5, 5.41) is 3.71. The Kier molecular flexibility index (Phi) is 3.89. The summed E-state index contributed by atoms with van der Waals surface area (Å²) in [5.41, 5.74) is 1.09. The molecule has 0 spiro atoms. The second-order valence-electron chi connectivity index (χ2n) is 5.93. The van der Waals surface area contributed by atoms with Gasteiger partial charge in [0, 0.05) is 30.5 Å². The maximum Gasteiger partial charge on any atom is 0.223 e. The molecule has 2 heterocycles. The minimum Gasteiger partial charge on any atom is -0.353 e. The van der Waals surface area contributed by atoms with Gasteiger partial charge < -0.3 is 10.2 Å². The van der Waals surface area contributed by atoms with E-state index in [-0.39, 0.29) is 29.9 Å². The van der Waals surface area contributed by atoms with E-state index in [9.17, 15) is 9.59 Å². The molecule has 2 fully saturated rings. The average Bonchev–Trinajstić information content (AvgIpc) is 2.80. The second-order valence-corrected chi connectivity index (χ2v) is 6.37. The molecule has 0 aliphatic carbocycles. The largest absolute Gasteiger partial charge is 0.353 e. The van der Waals surface area contributed by atoms with Crippen LogP contribution in [-0.4, -0.2) is 28.8 Å². The Morgan fingerprint density at radius 3 is 2.67 bits per heavy atom. The molecule has 0 saturated carbocycles. The summed E-state index contributed by atoms with van der Waals surface area (Å²) in [4.78, 5) is 25.6. The fourth-order valence-electron chi connectivity index (χ4n) is 3.62. The smallest absolute Gasteiger partial charge is 0.223 e. The van der Waals surface area contributed by atoms with Crippen LogP contribution in [0.4, 0.5) is 0 Å². The first-order valence-corrected chi connectivity index (χ1v) is 7.76. The SMILES string of the molecule is CC(=O)N[C@H]1C[C@H]2CCC(=O)N2[C@H](c2ccc(Cl)cc2)C1. The molecule has 3 atom stereocenters. The van der Waals surface area contributed by atoms with Crippen LogP contribution in [0.15, 0.2) is 24.3 Å². The van der Waals surface area contributed by atoms with Crippen molar-refractivity contribution in [2.75, 3.05) is 0 Å². The number of carbonyl (C=O) groups excluding carboxylic acids is 2. The van der Waals surface area contributed by atoms with Gasteiger partial charge in [-0.1, -0.05) is 23.7 Å². The third-order valence-electron chi connectivity index (χ3n) is 4.44. The van der Waals surface area contributed by atoms with Crippen LogP contribution in [0.5, 0.6) is 0 Å². The lowest BCUT2D eigenvalue weighted by molar-refractivity contribution is -0.133. The van der Waals surface area contributed by atoms with Gasteiger partial charge in [0.05, 0.1) is 6.04 Å². The molecule has 1 aromatic rings. The van der Waals surface area contributed by atoms with E-state index >= 15 is 0 Å². The van der Waals surface area contributed by atoms with Crippen LogP contribution in [0.1, 0.15) is 44.2 Å². The third-order valence-corrected chi connectivity index (χ3v) is 4.69. The van der Waals surface area contributed by atoms with E-state index in [0.29, 0.717) is 11.4 Å². The van der Waals surface area contributed by atoms with Crippen molar-refractivity contribution in [1.82, 2.24) is 10.2 Å². The number of hydrogen-bond acceptors (Lipinski definition) is 2. The summed E-state index contributed by atoms with van der Waals surface area (Å²) in [7, 11) is 0. The highest BCUT2D eigenvalue weighted by Gasteiger charge is 2.42. The van der Waals surface area contributed by atoms with Gasteiger partial charge in [0.1, 0.15) is 0 Å². The van der Waals surface area contributed by atoms with Crippen LogP contribution in [0.3, 0.4) is 0 Å². The summed E-state index contributed by atoms with van der Waals surface area (Å²) in [6.07, 6.45) is 3.12. The normalized spacial score (nSPS) is 28.4. The quantitative estimate of drug-likeness (QED) is 0.913. The van der Waals surface area contributed by atoms with Crippen LogP contribution in [-0.2, 0) is 9.59 Å². The van der Waals surface area contributed by atoms with Crippen LogP contribution >= 0.6 is 11.6 Å². The van der Waals surface area contributed by atoms with E-state index in [1.165, 1.54) is 0 Å². The van der Waals surface area contributed by atoms with Crippen molar-refractivity contribution in [3.63, 3.8) is 0 Å². The number of carbonyl (C=O) groups is 2. The number of fused-ring (bicyclic) bond motifs is 1. The first-order chi connectivity index (χ1) is 10.0.